The van der Waals surface area contributed by atoms with Crippen LogP contribution in [0.3, 0.4) is 0 Å². The van der Waals surface area contributed by atoms with E-state index < -0.39 is 0 Å². The first kappa shape index (κ1) is 13.9. The Labute approximate surface area is 128 Å². The number of rotatable bonds is 4. The largest absolute Gasteiger partial charge is 0.488 e. The number of carbonyl (C=O) groups is 1. The highest BCUT2D eigenvalue weighted by atomic mass is 32.1. The minimum absolute atomic E-state index is 0.0251. The summed E-state index contributed by atoms with van der Waals surface area (Å²) in [5.41, 5.74) is 1.21. The second-order valence-corrected chi connectivity index (χ2v) is 6.50. The summed E-state index contributed by atoms with van der Waals surface area (Å²) in [5, 5.41) is 5.73. The quantitative estimate of drug-likeness (QED) is 0.912. The van der Waals surface area contributed by atoms with Gasteiger partial charge in [-0.1, -0.05) is 18.2 Å². The lowest BCUT2D eigenvalue weighted by atomic mass is 10.1. The van der Waals surface area contributed by atoms with E-state index in [4.69, 9.17) is 4.74 Å². The van der Waals surface area contributed by atoms with Crippen LogP contribution in [-0.2, 0) is 13.0 Å². The van der Waals surface area contributed by atoms with Gasteiger partial charge in [-0.15, -0.1) is 11.3 Å². The van der Waals surface area contributed by atoms with Crippen molar-refractivity contribution in [3.05, 3.63) is 51.7 Å². The highest BCUT2D eigenvalue weighted by molar-refractivity contribution is 7.11. The second kappa shape index (κ2) is 6.18. The number of thiophene rings is 1. The summed E-state index contributed by atoms with van der Waals surface area (Å²) in [6, 6.07) is 11.9. The van der Waals surface area contributed by atoms with Gasteiger partial charge in [0, 0.05) is 16.2 Å². The number of nitrogens with one attached hydrogen (secondary N) is 2. The van der Waals surface area contributed by atoms with Gasteiger partial charge < -0.3 is 15.4 Å². The average Bonchev–Trinajstić information content (AvgIpc) is 3.08. The van der Waals surface area contributed by atoms with Crippen molar-refractivity contribution in [3.63, 3.8) is 0 Å². The van der Waals surface area contributed by atoms with Crippen LogP contribution in [0.15, 0.2) is 36.4 Å². The Bertz CT molecular complexity index is 614. The van der Waals surface area contributed by atoms with Crippen molar-refractivity contribution >= 4 is 17.4 Å². The molecule has 2 amide bonds. The van der Waals surface area contributed by atoms with Gasteiger partial charge in [0.1, 0.15) is 11.9 Å². The number of ether oxygens (including phenoxy) is 1. The molecule has 0 radical (unpaired) electrons. The molecule has 0 spiro atoms. The monoisotopic (exact) mass is 302 g/mol. The van der Waals surface area contributed by atoms with Crippen molar-refractivity contribution in [2.24, 2.45) is 0 Å². The molecule has 1 unspecified atom stereocenters. The normalized spacial score (nSPS) is 16.1. The van der Waals surface area contributed by atoms with Gasteiger partial charge in [0.05, 0.1) is 13.1 Å². The Balaban J connectivity index is 1.41. The lowest BCUT2D eigenvalue weighted by molar-refractivity contribution is 0.214. The van der Waals surface area contributed by atoms with Crippen LogP contribution in [0.1, 0.15) is 15.3 Å². The number of benzene rings is 1. The maximum Gasteiger partial charge on any atom is 0.315 e. The van der Waals surface area contributed by atoms with Crippen molar-refractivity contribution in [1.82, 2.24) is 10.6 Å². The van der Waals surface area contributed by atoms with Crippen molar-refractivity contribution in [1.29, 1.82) is 0 Å². The van der Waals surface area contributed by atoms with Gasteiger partial charge in [0.15, 0.2) is 0 Å². The summed E-state index contributed by atoms with van der Waals surface area (Å²) in [6.07, 6.45) is 0.873. The molecule has 1 aromatic carbocycles. The topological polar surface area (TPSA) is 50.4 Å². The second-order valence-electron chi connectivity index (χ2n) is 5.13. The molecule has 1 atom stereocenters. The molecule has 4 nitrogen and oxygen atoms in total. The summed E-state index contributed by atoms with van der Waals surface area (Å²) in [7, 11) is 0. The van der Waals surface area contributed by atoms with Crippen molar-refractivity contribution < 1.29 is 9.53 Å². The van der Waals surface area contributed by atoms with Crippen LogP contribution in [0, 0.1) is 6.92 Å². The number of hydrogen-bond acceptors (Lipinski definition) is 3. The van der Waals surface area contributed by atoms with Crippen LogP contribution >= 0.6 is 11.3 Å². The van der Waals surface area contributed by atoms with Gasteiger partial charge in [0.25, 0.3) is 0 Å². The molecule has 2 N–H and O–H groups in total. The minimum Gasteiger partial charge on any atom is -0.488 e. The van der Waals surface area contributed by atoms with Crippen LogP contribution in [0.4, 0.5) is 4.79 Å². The zero-order valence-electron chi connectivity index (χ0n) is 11.9. The number of carbonyl (C=O) groups excluding carboxylic acids is 1. The van der Waals surface area contributed by atoms with E-state index in [1.165, 1.54) is 10.4 Å². The zero-order valence-corrected chi connectivity index (χ0v) is 12.7. The number of para-hydroxylation sites is 1. The molecule has 1 aliphatic heterocycles. The van der Waals surface area contributed by atoms with Crippen molar-refractivity contribution in [2.75, 3.05) is 6.54 Å². The molecule has 0 fully saturated rings. The van der Waals surface area contributed by atoms with E-state index in [0.29, 0.717) is 13.1 Å². The molecule has 1 aliphatic rings. The predicted molar refractivity (Wildman–Crippen MR) is 83.9 cm³/mol. The summed E-state index contributed by atoms with van der Waals surface area (Å²) in [6.45, 7) is 3.14. The molecule has 0 saturated carbocycles. The fraction of sp³-hybridized carbons (Fsp3) is 0.312. The Morgan fingerprint density at radius 1 is 1.29 bits per heavy atom. The Kier molecular flexibility index (Phi) is 4.10. The first-order chi connectivity index (χ1) is 10.2. The predicted octanol–water partition coefficient (Wildman–Crippen LogP) is 2.86. The average molecular weight is 302 g/mol. The minimum atomic E-state index is -0.152. The molecule has 21 heavy (non-hydrogen) atoms. The lowest BCUT2D eigenvalue weighted by Gasteiger charge is -2.12. The molecule has 5 heteroatoms. The number of aryl methyl sites for hydroxylation is 1. The highest BCUT2D eigenvalue weighted by Gasteiger charge is 2.22. The Morgan fingerprint density at radius 3 is 2.90 bits per heavy atom. The van der Waals surface area contributed by atoms with E-state index in [2.05, 4.69) is 29.7 Å². The van der Waals surface area contributed by atoms with E-state index in [1.54, 1.807) is 11.3 Å². The lowest BCUT2D eigenvalue weighted by Crippen LogP contribution is -2.40. The van der Waals surface area contributed by atoms with Gasteiger partial charge >= 0.3 is 6.03 Å². The maximum atomic E-state index is 11.8. The Morgan fingerprint density at radius 2 is 2.14 bits per heavy atom. The van der Waals surface area contributed by atoms with Gasteiger partial charge in [0.2, 0.25) is 0 Å². The standard InChI is InChI=1S/C16H18N2O2S/c1-11-6-7-14(21-11)10-18-16(19)17-9-13-8-12-4-2-3-5-15(12)20-13/h2-7,13H,8-10H2,1H3,(H2,17,18,19). The highest BCUT2D eigenvalue weighted by Crippen LogP contribution is 2.27. The number of fused-ring (bicyclic) bond motifs is 1. The van der Waals surface area contributed by atoms with Crippen LogP contribution in [0.5, 0.6) is 5.75 Å². The molecule has 110 valence electrons. The molecular weight excluding hydrogens is 284 g/mol. The molecule has 0 saturated heterocycles. The molecule has 0 aliphatic carbocycles. The summed E-state index contributed by atoms with van der Waals surface area (Å²) < 4.78 is 5.78. The van der Waals surface area contributed by atoms with E-state index in [0.717, 1.165) is 17.0 Å². The van der Waals surface area contributed by atoms with Crippen LogP contribution < -0.4 is 15.4 Å². The number of urea groups is 1. The summed E-state index contributed by atoms with van der Waals surface area (Å²) in [4.78, 5) is 14.2. The Hall–Kier alpha value is -2.01. The van der Waals surface area contributed by atoms with Crippen molar-refractivity contribution in [3.8, 4) is 5.75 Å². The molecule has 2 aromatic rings. The van der Waals surface area contributed by atoms with Gasteiger partial charge in [-0.2, -0.15) is 0 Å². The van der Waals surface area contributed by atoms with Gasteiger partial charge in [-0.3, -0.25) is 0 Å². The third-order valence-electron chi connectivity index (χ3n) is 3.42. The smallest absolute Gasteiger partial charge is 0.315 e. The molecule has 0 bridgehead atoms. The van der Waals surface area contributed by atoms with Crippen LogP contribution in [0.25, 0.3) is 0 Å². The molecule has 1 aromatic heterocycles. The number of amides is 2. The maximum absolute atomic E-state index is 11.8. The fourth-order valence-electron chi connectivity index (χ4n) is 2.38. The fourth-order valence-corrected chi connectivity index (χ4v) is 3.21. The summed E-state index contributed by atoms with van der Waals surface area (Å²) >= 11 is 1.70. The molecule has 3 rings (SSSR count). The van der Waals surface area contributed by atoms with Crippen LogP contribution in [-0.4, -0.2) is 18.7 Å². The molecular formula is C16H18N2O2S. The van der Waals surface area contributed by atoms with Crippen LogP contribution in [0.2, 0.25) is 0 Å². The zero-order chi connectivity index (χ0) is 14.7. The first-order valence-corrected chi connectivity index (χ1v) is 7.84. The van der Waals surface area contributed by atoms with E-state index in [1.807, 2.05) is 24.3 Å². The third-order valence-corrected chi connectivity index (χ3v) is 4.42. The van der Waals surface area contributed by atoms with E-state index in [-0.39, 0.29) is 12.1 Å². The molecule has 2 heterocycles. The summed E-state index contributed by atoms with van der Waals surface area (Å²) in [5.74, 6) is 0.929. The van der Waals surface area contributed by atoms with E-state index in [9.17, 15) is 4.79 Å². The first-order valence-electron chi connectivity index (χ1n) is 7.02. The van der Waals surface area contributed by atoms with Gasteiger partial charge in [-0.05, 0) is 30.7 Å². The number of hydrogen-bond donors (Lipinski definition) is 2. The third kappa shape index (κ3) is 3.55. The van der Waals surface area contributed by atoms with E-state index >= 15 is 0 Å². The van der Waals surface area contributed by atoms with Crippen molar-refractivity contribution in [2.45, 2.75) is 26.0 Å². The van der Waals surface area contributed by atoms with Gasteiger partial charge in [-0.25, -0.2) is 4.79 Å². The SMILES string of the molecule is Cc1ccc(CNC(=O)NCC2Cc3ccccc3O2)s1.